The maximum atomic E-state index is 9.46. The smallest absolute Gasteiger partial charge is 0.203 e. The Labute approximate surface area is 136 Å². The first-order valence-electron chi connectivity index (χ1n) is 6.29. The van der Waals surface area contributed by atoms with Gasteiger partial charge in [-0.25, -0.2) is 0 Å². The van der Waals surface area contributed by atoms with Crippen molar-refractivity contribution in [2.45, 2.75) is 0 Å². The van der Waals surface area contributed by atoms with Crippen molar-refractivity contribution in [2.24, 2.45) is 10.2 Å². The molecule has 6 nitrogen and oxygen atoms in total. The molecule has 0 saturated carbocycles. The average Bonchev–Trinajstić information content (AvgIpc) is 2.54. The minimum absolute atomic E-state index is 0.145. The molecule has 0 amide bonds. The van der Waals surface area contributed by atoms with Crippen LogP contribution in [0.3, 0.4) is 0 Å². The molecule has 0 fully saturated rings. The van der Waals surface area contributed by atoms with E-state index in [4.69, 9.17) is 14.2 Å². The fourth-order valence-electron chi connectivity index (χ4n) is 1.80. The second kappa shape index (κ2) is 7.13. The lowest BCUT2D eigenvalue weighted by Crippen LogP contribution is -1.94. The zero-order valence-corrected chi connectivity index (χ0v) is 13.9. The van der Waals surface area contributed by atoms with Gasteiger partial charge in [0.25, 0.3) is 0 Å². The Morgan fingerprint density at radius 1 is 0.864 bits per heavy atom. The Bertz CT molecular complexity index is 679. The molecule has 0 unspecified atom stereocenters. The molecule has 2 aromatic carbocycles. The summed E-state index contributed by atoms with van der Waals surface area (Å²) >= 11 is 3.23. The second-order valence-electron chi connectivity index (χ2n) is 4.22. The molecule has 7 heteroatoms. The van der Waals surface area contributed by atoms with Crippen LogP contribution in [0, 0.1) is 0 Å². The average molecular weight is 367 g/mol. The van der Waals surface area contributed by atoms with Gasteiger partial charge in [-0.3, -0.25) is 0 Å². The molecule has 0 radical (unpaired) electrons. The van der Waals surface area contributed by atoms with Crippen LogP contribution in [0.5, 0.6) is 23.0 Å². The van der Waals surface area contributed by atoms with Crippen molar-refractivity contribution in [3.63, 3.8) is 0 Å². The number of phenols is 1. The minimum atomic E-state index is 0.145. The van der Waals surface area contributed by atoms with E-state index in [1.165, 1.54) is 27.4 Å². The summed E-state index contributed by atoms with van der Waals surface area (Å²) in [6.07, 6.45) is 0. The molecule has 0 aliphatic rings. The number of phenolic OH excluding ortho intramolecular Hbond substituents is 1. The third kappa shape index (κ3) is 3.48. The molecular formula is C15H15BrN2O4. The van der Waals surface area contributed by atoms with Crippen LogP contribution in [0.2, 0.25) is 0 Å². The topological polar surface area (TPSA) is 72.6 Å². The van der Waals surface area contributed by atoms with E-state index in [9.17, 15) is 5.11 Å². The Morgan fingerprint density at radius 2 is 1.45 bits per heavy atom. The maximum absolute atomic E-state index is 9.46. The van der Waals surface area contributed by atoms with E-state index < -0.39 is 0 Å². The van der Waals surface area contributed by atoms with Crippen LogP contribution in [0.4, 0.5) is 11.4 Å². The lowest BCUT2D eigenvalue weighted by Gasteiger charge is -2.12. The maximum Gasteiger partial charge on any atom is 0.203 e. The monoisotopic (exact) mass is 366 g/mol. The Kier molecular flexibility index (Phi) is 5.21. The first-order chi connectivity index (χ1) is 10.6. The predicted molar refractivity (Wildman–Crippen MR) is 86.1 cm³/mol. The van der Waals surface area contributed by atoms with Crippen molar-refractivity contribution in [1.29, 1.82) is 0 Å². The first kappa shape index (κ1) is 16.1. The van der Waals surface area contributed by atoms with Gasteiger partial charge in [-0.2, -0.15) is 10.2 Å². The fourth-order valence-corrected chi connectivity index (χ4v) is 2.17. The molecule has 0 atom stereocenters. The van der Waals surface area contributed by atoms with Gasteiger partial charge in [0.1, 0.15) is 5.75 Å². The van der Waals surface area contributed by atoms with Crippen molar-refractivity contribution in [1.82, 2.24) is 0 Å². The van der Waals surface area contributed by atoms with Gasteiger partial charge in [0, 0.05) is 12.1 Å². The normalized spacial score (nSPS) is 10.7. The lowest BCUT2D eigenvalue weighted by molar-refractivity contribution is 0.324. The van der Waals surface area contributed by atoms with Gasteiger partial charge in [-0.1, -0.05) is 0 Å². The molecule has 2 rings (SSSR count). The largest absolute Gasteiger partial charge is 0.507 e. The molecular weight excluding hydrogens is 352 g/mol. The summed E-state index contributed by atoms with van der Waals surface area (Å²) < 4.78 is 16.3. The Hall–Kier alpha value is -2.28. The highest BCUT2D eigenvalue weighted by Gasteiger charge is 2.13. The number of rotatable bonds is 5. The van der Waals surface area contributed by atoms with Gasteiger partial charge in [-0.15, -0.1) is 0 Å². The number of ether oxygens (including phenoxy) is 3. The van der Waals surface area contributed by atoms with Crippen LogP contribution >= 0.6 is 15.9 Å². The third-order valence-electron chi connectivity index (χ3n) is 2.86. The molecule has 0 saturated heterocycles. The molecule has 0 aromatic heterocycles. The summed E-state index contributed by atoms with van der Waals surface area (Å²) in [4.78, 5) is 0. The van der Waals surface area contributed by atoms with E-state index in [1.807, 2.05) is 0 Å². The van der Waals surface area contributed by atoms with E-state index in [0.29, 0.717) is 33.1 Å². The highest BCUT2D eigenvalue weighted by molar-refractivity contribution is 9.10. The summed E-state index contributed by atoms with van der Waals surface area (Å²) in [5.41, 5.74) is 1.15. The number of hydrogen-bond acceptors (Lipinski definition) is 6. The Balaban J connectivity index is 2.36. The van der Waals surface area contributed by atoms with E-state index in [0.717, 1.165) is 0 Å². The number of nitrogens with zero attached hydrogens (tertiary/aromatic N) is 2. The second-order valence-corrected chi connectivity index (χ2v) is 5.07. The molecule has 116 valence electrons. The number of halogens is 1. The standard InChI is InChI=1S/C15H15BrN2O4/c1-20-13-7-10(8-14(21-2)15(13)22-3)18-17-9-4-5-12(19)11(16)6-9/h4-8,19H,1-3H3/b18-17+. The van der Waals surface area contributed by atoms with Crippen molar-refractivity contribution >= 4 is 27.3 Å². The molecule has 0 heterocycles. The Morgan fingerprint density at radius 3 is 1.95 bits per heavy atom. The number of methoxy groups -OCH3 is 3. The fraction of sp³-hybridized carbons (Fsp3) is 0.200. The van der Waals surface area contributed by atoms with Crippen LogP contribution in [-0.2, 0) is 0 Å². The summed E-state index contributed by atoms with van der Waals surface area (Å²) in [5, 5.41) is 17.7. The number of aromatic hydroxyl groups is 1. The van der Waals surface area contributed by atoms with Gasteiger partial charge < -0.3 is 19.3 Å². The molecule has 0 spiro atoms. The van der Waals surface area contributed by atoms with Crippen LogP contribution in [-0.4, -0.2) is 26.4 Å². The van der Waals surface area contributed by atoms with Crippen molar-refractivity contribution in [2.75, 3.05) is 21.3 Å². The zero-order chi connectivity index (χ0) is 16.1. The zero-order valence-electron chi connectivity index (χ0n) is 12.3. The number of hydrogen-bond donors (Lipinski definition) is 1. The van der Waals surface area contributed by atoms with Gasteiger partial charge in [0.15, 0.2) is 11.5 Å². The summed E-state index contributed by atoms with van der Waals surface area (Å²) in [7, 11) is 4.61. The molecule has 0 bridgehead atoms. The molecule has 0 aliphatic carbocycles. The number of azo groups is 1. The highest BCUT2D eigenvalue weighted by atomic mass is 79.9. The molecule has 1 N–H and O–H groups in total. The van der Waals surface area contributed by atoms with Crippen LogP contribution in [0.25, 0.3) is 0 Å². The van der Waals surface area contributed by atoms with Crippen molar-refractivity contribution in [3.05, 3.63) is 34.8 Å². The molecule has 0 aliphatic heterocycles. The van der Waals surface area contributed by atoms with E-state index in [-0.39, 0.29) is 5.75 Å². The molecule has 2 aromatic rings. The quantitative estimate of drug-likeness (QED) is 0.785. The van der Waals surface area contributed by atoms with Crippen LogP contribution in [0.1, 0.15) is 0 Å². The lowest BCUT2D eigenvalue weighted by atomic mass is 10.2. The van der Waals surface area contributed by atoms with Gasteiger partial charge in [0.2, 0.25) is 5.75 Å². The number of benzene rings is 2. The SMILES string of the molecule is COc1cc(/N=N/c2ccc(O)c(Br)c2)cc(OC)c1OC. The van der Waals surface area contributed by atoms with Crippen LogP contribution in [0.15, 0.2) is 45.0 Å². The van der Waals surface area contributed by atoms with Crippen molar-refractivity contribution in [3.8, 4) is 23.0 Å². The molecule has 22 heavy (non-hydrogen) atoms. The van der Waals surface area contributed by atoms with E-state index >= 15 is 0 Å². The van der Waals surface area contributed by atoms with Gasteiger partial charge >= 0.3 is 0 Å². The predicted octanol–water partition coefficient (Wildman–Crippen LogP) is 4.60. The highest BCUT2D eigenvalue weighted by Crippen LogP contribution is 2.41. The third-order valence-corrected chi connectivity index (χ3v) is 3.50. The van der Waals surface area contributed by atoms with Gasteiger partial charge in [-0.05, 0) is 34.1 Å². The van der Waals surface area contributed by atoms with E-state index in [2.05, 4.69) is 26.2 Å². The van der Waals surface area contributed by atoms with Crippen molar-refractivity contribution < 1.29 is 19.3 Å². The first-order valence-corrected chi connectivity index (χ1v) is 7.08. The van der Waals surface area contributed by atoms with Gasteiger partial charge in [0.05, 0.1) is 37.2 Å². The summed E-state index contributed by atoms with van der Waals surface area (Å²) in [5.74, 6) is 1.65. The summed E-state index contributed by atoms with van der Waals surface area (Å²) in [6.45, 7) is 0. The van der Waals surface area contributed by atoms with E-state index in [1.54, 1.807) is 24.3 Å². The minimum Gasteiger partial charge on any atom is -0.507 e. The summed E-state index contributed by atoms with van der Waals surface area (Å²) in [6, 6.07) is 8.24. The van der Waals surface area contributed by atoms with Crippen LogP contribution < -0.4 is 14.2 Å².